The number of hydrogen-bond acceptors (Lipinski definition) is 4. The highest BCUT2D eigenvalue weighted by molar-refractivity contribution is 7.89. The molecule has 1 aromatic rings. The summed E-state index contributed by atoms with van der Waals surface area (Å²) in [4.78, 5) is 26.0. The van der Waals surface area contributed by atoms with Gasteiger partial charge in [0.25, 0.3) is 0 Å². The zero-order valence-electron chi connectivity index (χ0n) is 18.7. The zero-order chi connectivity index (χ0) is 22.1. The number of Topliss-reactive ketones (excluding diaryl/α,β-unsaturated/α-hetero) is 2. The second kappa shape index (κ2) is 9.31. The molecular weight excluding hydrogens is 398 g/mol. The van der Waals surface area contributed by atoms with Crippen molar-refractivity contribution in [3.63, 3.8) is 0 Å². The van der Waals surface area contributed by atoms with Crippen LogP contribution in [-0.2, 0) is 19.6 Å². The summed E-state index contributed by atoms with van der Waals surface area (Å²) >= 11 is 0. The Morgan fingerprint density at radius 3 is 2.20 bits per heavy atom. The van der Waals surface area contributed by atoms with Crippen LogP contribution >= 0.6 is 0 Å². The fourth-order valence-corrected chi connectivity index (χ4v) is 6.97. The largest absolute Gasteiger partial charge is 0.298 e. The maximum absolute atomic E-state index is 13.2. The normalized spacial score (nSPS) is 24.0. The molecule has 1 heterocycles. The number of benzene rings is 1. The number of hydrogen-bond donors (Lipinski definition) is 0. The third-order valence-corrected chi connectivity index (χ3v) is 8.78. The van der Waals surface area contributed by atoms with Crippen molar-refractivity contribution in [1.29, 1.82) is 0 Å². The average Bonchev–Trinajstić information content (AvgIpc) is 2.94. The average molecular weight is 434 g/mol. The fraction of sp³-hybridized carbons (Fsp3) is 0.667. The maximum atomic E-state index is 13.2. The van der Waals surface area contributed by atoms with Crippen LogP contribution in [0.5, 0.6) is 0 Å². The molecule has 0 bridgehead atoms. The molecular formula is C24H35NO4S. The minimum absolute atomic E-state index is 0.0413. The Morgan fingerprint density at radius 1 is 1.03 bits per heavy atom. The van der Waals surface area contributed by atoms with E-state index >= 15 is 0 Å². The van der Waals surface area contributed by atoms with Crippen LogP contribution in [0.1, 0.15) is 73.6 Å². The van der Waals surface area contributed by atoms with Gasteiger partial charge in [-0.25, -0.2) is 12.7 Å². The Morgan fingerprint density at radius 2 is 1.63 bits per heavy atom. The molecule has 1 saturated carbocycles. The quantitative estimate of drug-likeness (QED) is 0.607. The SMILES string of the molecule is CCCCS(=O)(=O)N1CCC(CC2CC(=O)C(c3c(C)cc(C)cc3C)C2=O)CC1. The lowest BCUT2D eigenvalue weighted by molar-refractivity contribution is -0.125. The summed E-state index contributed by atoms with van der Waals surface area (Å²) in [5, 5.41) is 0. The summed E-state index contributed by atoms with van der Waals surface area (Å²) < 4.78 is 26.4. The molecule has 3 rings (SSSR count). The van der Waals surface area contributed by atoms with E-state index in [9.17, 15) is 18.0 Å². The van der Waals surface area contributed by atoms with Gasteiger partial charge >= 0.3 is 0 Å². The van der Waals surface area contributed by atoms with E-state index < -0.39 is 15.9 Å². The molecule has 30 heavy (non-hydrogen) atoms. The van der Waals surface area contributed by atoms with Crippen molar-refractivity contribution in [3.8, 4) is 0 Å². The number of carbonyl (C=O) groups excluding carboxylic acids is 2. The molecule has 0 N–H and O–H groups in total. The molecule has 2 fully saturated rings. The Kier molecular flexibility index (Phi) is 7.18. The monoisotopic (exact) mass is 433 g/mol. The van der Waals surface area contributed by atoms with Gasteiger partial charge in [-0.15, -0.1) is 0 Å². The first-order chi connectivity index (χ1) is 14.1. The van der Waals surface area contributed by atoms with Crippen LogP contribution in [0.3, 0.4) is 0 Å². The van der Waals surface area contributed by atoms with Crippen LogP contribution in [0.2, 0.25) is 0 Å². The van der Waals surface area contributed by atoms with E-state index in [1.54, 1.807) is 4.31 Å². The van der Waals surface area contributed by atoms with Crippen LogP contribution in [0.15, 0.2) is 12.1 Å². The van der Waals surface area contributed by atoms with Gasteiger partial charge in [0.05, 0.1) is 5.75 Å². The Bertz CT molecular complexity index is 890. The number of sulfonamides is 1. The first kappa shape index (κ1) is 23.1. The van der Waals surface area contributed by atoms with E-state index in [-0.39, 0.29) is 23.2 Å². The topological polar surface area (TPSA) is 71.5 Å². The van der Waals surface area contributed by atoms with Crippen molar-refractivity contribution in [2.24, 2.45) is 11.8 Å². The van der Waals surface area contributed by atoms with Crippen LogP contribution in [0.25, 0.3) is 0 Å². The number of ketones is 2. The molecule has 166 valence electrons. The van der Waals surface area contributed by atoms with Crippen LogP contribution in [0.4, 0.5) is 0 Å². The first-order valence-electron chi connectivity index (χ1n) is 11.3. The summed E-state index contributed by atoms with van der Waals surface area (Å²) in [5.41, 5.74) is 4.08. The van der Waals surface area contributed by atoms with E-state index in [4.69, 9.17) is 0 Å². The van der Waals surface area contributed by atoms with Gasteiger partial charge in [0.2, 0.25) is 10.0 Å². The summed E-state index contributed by atoms with van der Waals surface area (Å²) in [6.45, 7) is 9.06. The van der Waals surface area contributed by atoms with Gasteiger partial charge in [-0.1, -0.05) is 31.0 Å². The van der Waals surface area contributed by atoms with Crippen molar-refractivity contribution < 1.29 is 18.0 Å². The van der Waals surface area contributed by atoms with Gasteiger partial charge in [0.15, 0.2) is 5.78 Å². The van der Waals surface area contributed by atoms with Crippen molar-refractivity contribution in [2.75, 3.05) is 18.8 Å². The molecule has 5 nitrogen and oxygen atoms in total. The first-order valence-corrected chi connectivity index (χ1v) is 12.9. The number of unbranched alkanes of at least 4 members (excludes halogenated alkanes) is 1. The third kappa shape index (κ3) is 4.86. The molecule has 1 aliphatic heterocycles. The summed E-state index contributed by atoms with van der Waals surface area (Å²) in [6.07, 6.45) is 4.14. The predicted octanol–water partition coefficient (Wildman–Crippen LogP) is 4.09. The van der Waals surface area contributed by atoms with E-state index in [0.717, 1.165) is 41.5 Å². The molecule has 2 unspecified atom stereocenters. The number of piperidine rings is 1. The maximum Gasteiger partial charge on any atom is 0.214 e. The Balaban J connectivity index is 1.63. The lowest BCUT2D eigenvalue weighted by Gasteiger charge is -2.32. The predicted molar refractivity (Wildman–Crippen MR) is 119 cm³/mol. The van der Waals surface area contributed by atoms with Crippen LogP contribution < -0.4 is 0 Å². The van der Waals surface area contributed by atoms with E-state index in [0.29, 0.717) is 38.3 Å². The lowest BCUT2D eigenvalue weighted by Crippen LogP contribution is -2.40. The minimum atomic E-state index is -3.16. The molecule has 0 aromatic heterocycles. The van der Waals surface area contributed by atoms with E-state index in [1.807, 2.05) is 39.8 Å². The van der Waals surface area contributed by atoms with Gasteiger partial charge < -0.3 is 0 Å². The molecule has 1 saturated heterocycles. The fourth-order valence-electron chi connectivity index (χ4n) is 5.29. The molecule has 0 spiro atoms. The Hall–Kier alpha value is -1.53. The second-order valence-corrected chi connectivity index (χ2v) is 11.4. The highest BCUT2D eigenvalue weighted by Gasteiger charge is 2.44. The van der Waals surface area contributed by atoms with E-state index in [2.05, 4.69) is 0 Å². The molecule has 2 aliphatic rings. The third-order valence-electron chi connectivity index (χ3n) is 6.82. The van der Waals surface area contributed by atoms with Gasteiger partial charge in [-0.05, 0) is 69.1 Å². The van der Waals surface area contributed by atoms with E-state index in [1.165, 1.54) is 0 Å². The number of nitrogens with zero attached hydrogens (tertiary/aromatic N) is 1. The Labute approximate surface area is 181 Å². The minimum Gasteiger partial charge on any atom is -0.298 e. The van der Waals surface area contributed by atoms with Crippen molar-refractivity contribution >= 4 is 21.6 Å². The summed E-state index contributed by atoms with van der Waals surface area (Å²) in [6, 6.07) is 4.09. The lowest BCUT2D eigenvalue weighted by atomic mass is 9.83. The molecule has 2 atom stereocenters. The van der Waals surface area contributed by atoms with Crippen LogP contribution in [0, 0.1) is 32.6 Å². The highest BCUT2D eigenvalue weighted by atomic mass is 32.2. The summed E-state index contributed by atoms with van der Waals surface area (Å²) in [7, 11) is -3.16. The zero-order valence-corrected chi connectivity index (χ0v) is 19.6. The number of carbonyl (C=O) groups is 2. The second-order valence-electron chi connectivity index (χ2n) is 9.26. The standard InChI is InChI=1S/C24H35NO4S/c1-5-6-11-30(28,29)25-9-7-19(8-10-25)14-20-15-21(26)23(24(20)27)22-17(3)12-16(2)13-18(22)4/h12-13,19-20,23H,5-11,14-15H2,1-4H3. The van der Waals surface area contributed by atoms with Gasteiger partial charge in [0.1, 0.15) is 11.7 Å². The summed E-state index contributed by atoms with van der Waals surface area (Å²) in [5.74, 6) is -0.210. The molecule has 1 aliphatic carbocycles. The van der Waals surface area contributed by atoms with Crippen molar-refractivity contribution in [1.82, 2.24) is 4.31 Å². The van der Waals surface area contributed by atoms with Gasteiger partial charge in [-0.2, -0.15) is 0 Å². The molecule has 6 heteroatoms. The molecule has 0 amide bonds. The smallest absolute Gasteiger partial charge is 0.214 e. The number of rotatable bonds is 7. The highest BCUT2D eigenvalue weighted by Crippen LogP contribution is 2.40. The molecule has 1 aromatic carbocycles. The molecule has 0 radical (unpaired) electrons. The van der Waals surface area contributed by atoms with Crippen molar-refractivity contribution in [3.05, 3.63) is 34.4 Å². The van der Waals surface area contributed by atoms with Gasteiger partial charge in [0, 0.05) is 25.4 Å². The van der Waals surface area contributed by atoms with Crippen LogP contribution in [-0.4, -0.2) is 43.1 Å². The number of aryl methyl sites for hydroxylation is 3. The van der Waals surface area contributed by atoms with Gasteiger partial charge in [-0.3, -0.25) is 9.59 Å². The van der Waals surface area contributed by atoms with Crippen molar-refractivity contribution in [2.45, 2.75) is 72.1 Å².